The highest BCUT2D eigenvalue weighted by atomic mass is 35.5. The number of ketones is 1. The van der Waals surface area contributed by atoms with Crippen molar-refractivity contribution in [1.82, 2.24) is 0 Å². The van der Waals surface area contributed by atoms with E-state index in [1.807, 2.05) is 0 Å². The molecule has 0 N–H and O–H groups in total. The molecule has 0 aromatic heterocycles. The first kappa shape index (κ1) is 19.0. The molecule has 2 aromatic carbocycles. The summed E-state index contributed by atoms with van der Waals surface area (Å²) < 4.78 is 28.5. The normalized spacial score (nSPS) is 10.3. The third-order valence-electron chi connectivity index (χ3n) is 3.27. The highest BCUT2D eigenvalue weighted by Gasteiger charge is 2.19. The maximum absolute atomic E-state index is 13.5. The van der Waals surface area contributed by atoms with Gasteiger partial charge in [-0.1, -0.05) is 23.2 Å². The van der Waals surface area contributed by atoms with Crippen LogP contribution in [0.1, 0.15) is 20.7 Å². The van der Waals surface area contributed by atoms with E-state index in [0.717, 1.165) is 12.1 Å². The predicted octanol–water partition coefficient (Wildman–Crippen LogP) is 4.19. The summed E-state index contributed by atoms with van der Waals surface area (Å²) in [4.78, 5) is 24.3. The van der Waals surface area contributed by atoms with Crippen LogP contribution >= 0.6 is 23.2 Å². The van der Waals surface area contributed by atoms with Gasteiger partial charge in [0.2, 0.25) is 5.78 Å². The Labute approximate surface area is 153 Å². The smallest absolute Gasteiger partial charge is 0.340 e. The van der Waals surface area contributed by atoms with Crippen LogP contribution in [0.2, 0.25) is 10.0 Å². The highest BCUT2D eigenvalue weighted by Crippen LogP contribution is 2.26. The molecule has 0 aliphatic carbocycles. The van der Waals surface area contributed by atoms with Crippen molar-refractivity contribution >= 4 is 35.0 Å². The average molecular weight is 387 g/mol. The lowest BCUT2D eigenvalue weighted by molar-refractivity contribution is 0.0473. The van der Waals surface area contributed by atoms with Crippen LogP contribution < -0.4 is 9.47 Å². The van der Waals surface area contributed by atoms with Crippen LogP contribution in [0.25, 0.3) is 0 Å². The fraction of sp³-hybridized carbons (Fsp3) is 0.176. The topological polar surface area (TPSA) is 61.8 Å². The zero-order valence-electron chi connectivity index (χ0n) is 13.3. The van der Waals surface area contributed by atoms with Gasteiger partial charge in [0.15, 0.2) is 6.61 Å². The molecule has 0 aliphatic rings. The Bertz CT molecular complexity index is 823. The van der Waals surface area contributed by atoms with Gasteiger partial charge in [-0.25, -0.2) is 9.18 Å². The molecule has 0 aliphatic heterocycles. The SMILES string of the molecule is COc1ccc(OC)c(C(=O)COC(=O)c2cc(F)c(Cl)cc2Cl)c1. The second-order valence-electron chi connectivity index (χ2n) is 4.81. The number of esters is 1. The first-order valence-electron chi connectivity index (χ1n) is 6.94. The van der Waals surface area contributed by atoms with Crippen molar-refractivity contribution in [2.45, 2.75) is 0 Å². The van der Waals surface area contributed by atoms with Crippen LogP contribution in [0.5, 0.6) is 11.5 Å². The van der Waals surface area contributed by atoms with Crippen molar-refractivity contribution in [3.05, 3.63) is 57.3 Å². The van der Waals surface area contributed by atoms with Crippen molar-refractivity contribution in [3.63, 3.8) is 0 Å². The minimum atomic E-state index is -0.948. The lowest BCUT2D eigenvalue weighted by Gasteiger charge is -2.10. The lowest BCUT2D eigenvalue weighted by Crippen LogP contribution is -2.15. The van der Waals surface area contributed by atoms with E-state index in [4.69, 9.17) is 37.4 Å². The van der Waals surface area contributed by atoms with Gasteiger partial charge in [-0.2, -0.15) is 0 Å². The molecular formula is C17H13Cl2FO5. The molecule has 0 fully saturated rings. The Morgan fingerprint density at radius 2 is 1.72 bits per heavy atom. The van der Waals surface area contributed by atoms with E-state index < -0.39 is 24.2 Å². The molecule has 0 heterocycles. The summed E-state index contributed by atoms with van der Waals surface area (Å²) in [6, 6.07) is 6.58. The van der Waals surface area contributed by atoms with Crippen molar-refractivity contribution in [3.8, 4) is 11.5 Å². The molecule has 8 heteroatoms. The first-order valence-corrected chi connectivity index (χ1v) is 7.69. The van der Waals surface area contributed by atoms with E-state index in [1.165, 1.54) is 20.3 Å². The number of Topliss-reactive ketones (excluding diaryl/α,β-unsaturated/α-hetero) is 1. The van der Waals surface area contributed by atoms with Crippen LogP contribution in [0.3, 0.4) is 0 Å². The third kappa shape index (κ3) is 4.41. The largest absolute Gasteiger partial charge is 0.497 e. The zero-order chi connectivity index (χ0) is 18.6. The number of halogens is 3. The van der Waals surface area contributed by atoms with Gasteiger partial charge in [0, 0.05) is 0 Å². The van der Waals surface area contributed by atoms with Gasteiger partial charge in [0.1, 0.15) is 17.3 Å². The van der Waals surface area contributed by atoms with Crippen LogP contribution in [-0.4, -0.2) is 32.6 Å². The van der Waals surface area contributed by atoms with E-state index in [0.29, 0.717) is 11.5 Å². The third-order valence-corrected chi connectivity index (χ3v) is 3.87. The van der Waals surface area contributed by atoms with E-state index in [2.05, 4.69) is 0 Å². The minimum Gasteiger partial charge on any atom is -0.497 e. The summed E-state index contributed by atoms with van der Waals surface area (Å²) in [5.41, 5.74) is -0.0444. The van der Waals surface area contributed by atoms with Crippen molar-refractivity contribution in [2.24, 2.45) is 0 Å². The minimum absolute atomic E-state index is 0.0807. The Morgan fingerprint density at radius 1 is 1.00 bits per heavy atom. The van der Waals surface area contributed by atoms with Crippen LogP contribution in [0.15, 0.2) is 30.3 Å². The number of hydrogen-bond acceptors (Lipinski definition) is 5. The molecule has 0 unspecified atom stereocenters. The maximum atomic E-state index is 13.5. The maximum Gasteiger partial charge on any atom is 0.340 e. The predicted molar refractivity (Wildman–Crippen MR) is 90.6 cm³/mol. The second kappa shape index (κ2) is 8.18. The second-order valence-corrected chi connectivity index (χ2v) is 5.63. The molecule has 0 amide bonds. The standard InChI is InChI=1S/C17H13Cl2FO5/c1-23-9-3-4-16(24-2)11(5-9)15(21)8-25-17(22)10-6-14(20)13(19)7-12(10)18/h3-7H,8H2,1-2H3. The Kier molecular flexibility index (Phi) is 6.22. The molecule has 132 valence electrons. The summed E-state index contributed by atoms with van der Waals surface area (Å²) in [5, 5.41) is -0.304. The number of rotatable bonds is 6. The summed E-state index contributed by atoms with van der Waals surface area (Å²) in [5.74, 6) is -1.54. The van der Waals surface area contributed by atoms with Gasteiger partial charge in [0.05, 0.1) is 35.4 Å². The quantitative estimate of drug-likeness (QED) is 0.423. The summed E-state index contributed by atoms with van der Waals surface area (Å²) >= 11 is 11.4. The fourth-order valence-electron chi connectivity index (χ4n) is 2.00. The van der Waals surface area contributed by atoms with E-state index >= 15 is 0 Å². The van der Waals surface area contributed by atoms with Gasteiger partial charge in [0.25, 0.3) is 0 Å². The summed E-state index contributed by atoms with van der Waals surface area (Å²) in [6.45, 7) is -0.580. The number of benzene rings is 2. The molecule has 0 radical (unpaired) electrons. The van der Waals surface area contributed by atoms with Gasteiger partial charge in [-0.15, -0.1) is 0 Å². The van der Waals surface area contributed by atoms with Crippen LogP contribution in [-0.2, 0) is 4.74 Å². The highest BCUT2D eigenvalue weighted by molar-refractivity contribution is 6.36. The summed E-state index contributed by atoms with van der Waals surface area (Å²) in [6.07, 6.45) is 0. The fourth-order valence-corrected chi connectivity index (χ4v) is 2.46. The molecule has 0 saturated heterocycles. The molecule has 2 aromatic rings. The summed E-state index contributed by atoms with van der Waals surface area (Å²) in [7, 11) is 2.86. The molecule has 5 nitrogen and oxygen atoms in total. The molecule has 25 heavy (non-hydrogen) atoms. The van der Waals surface area contributed by atoms with Crippen LogP contribution in [0, 0.1) is 5.82 Å². The lowest BCUT2D eigenvalue weighted by atomic mass is 10.1. The van der Waals surface area contributed by atoms with E-state index in [9.17, 15) is 14.0 Å². The van der Waals surface area contributed by atoms with E-state index in [1.54, 1.807) is 12.1 Å². The van der Waals surface area contributed by atoms with Gasteiger partial charge >= 0.3 is 5.97 Å². The van der Waals surface area contributed by atoms with Gasteiger partial charge < -0.3 is 14.2 Å². The molecule has 0 spiro atoms. The first-order chi connectivity index (χ1) is 11.9. The molecular weight excluding hydrogens is 374 g/mol. The van der Waals surface area contributed by atoms with Crippen LogP contribution in [0.4, 0.5) is 4.39 Å². The number of hydrogen-bond donors (Lipinski definition) is 0. The Morgan fingerprint density at radius 3 is 2.36 bits per heavy atom. The van der Waals surface area contributed by atoms with Gasteiger partial charge in [-0.3, -0.25) is 4.79 Å². The number of carbonyl (C=O) groups is 2. The Hall–Kier alpha value is -2.31. The van der Waals surface area contributed by atoms with Crippen molar-refractivity contribution in [2.75, 3.05) is 20.8 Å². The zero-order valence-corrected chi connectivity index (χ0v) is 14.8. The molecule has 0 atom stereocenters. The van der Waals surface area contributed by atoms with E-state index in [-0.39, 0.29) is 21.2 Å². The average Bonchev–Trinajstić information content (AvgIpc) is 2.61. The Balaban J connectivity index is 2.15. The van der Waals surface area contributed by atoms with Crippen molar-refractivity contribution < 1.29 is 28.2 Å². The number of carbonyl (C=O) groups excluding carboxylic acids is 2. The number of ether oxygens (including phenoxy) is 3. The molecule has 0 saturated carbocycles. The monoisotopic (exact) mass is 386 g/mol. The van der Waals surface area contributed by atoms with Crippen molar-refractivity contribution in [1.29, 1.82) is 0 Å². The molecule has 2 rings (SSSR count). The molecule has 0 bridgehead atoms. The van der Waals surface area contributed by atoms with Gasteiger partial charge in [-0.05, 0) is 30.3 Å². The number of methoxy groups -OCH3 is 2.